The highest BCUT2D eigenvalue weighted by Gasteiger charge is 2.28. The summed E-state index contributed by atoms with van der Waals surface area (Å²) in [7, 11) is 0. The first kappa shape index (κ1) is 13.5. The molecule has 1 amide bonds. The van der Waals surface area contributed by atoms with Crippen LogP contribution in [0.5, 0.6) is 11.5 Å². The molecule has 4 nitrogen and oxygen atoms in total. The van der Waals surface area contributed by atoms with Crippen molar-refractivity contribution in [1.29, 1.82) is 0 Å². The second-order valence-corrected chi connectivity index (χ2v) is 5.01. The number of nitrogens with one attached hydrogen (secondary N) is 1. The third-order valence-electron chi connectivity index (χ3n) is 3.46. The molecule has 0 bridgehead atoms. The monoisotopic (exact) mass is 283 g/mol. The van der Waals surface area contributed by atoms with Crippen molar-refractivity contribution in [3.05, 3.63) is 60.2 Å². The minimum atomic E-state index is -0.619. The number of carbonyl (C=O) groups is 1. The fraction of sp³-hybridized carbons (Fsp3) is 0.235. The third-order valence-corrected chi connectivity index (χ3v) is 3.46. The number of para-hydroxylation sites is 2. The Morgan fingerprint density at radius 1 is 1.10 bits per heavy atom. The topological polar surface area (TPSA) is 47.6 Å². The van der Waals surface area contributed by atoms with Gasteiger partial charge in [0.25, 0.3) is 5.91 Å². The summed E-state index contributed by atoms with van der Waals surface area (Å²) in [5.74, 6) is 1.12. The van der Waals surface area contributed by atoms with E-state index in [2.05, 4.69) is 5.32 Å². The van der Waals surface area contributed by atoms with Gasteiger partial charge in [0.05, 0.1) is 6.04 Å². The van der Waals surface area contributed by atoms with Gasteiger partial charge >= 0.3 is 0 Å². The SMILES string of the molecule is CC(NC(=O)[C@@H]1COc2ccccc2O1)c1ccccc1. The van der Waals surface area contributed by atoms with Crippen LogP contribution in [0.1, 0.15) is 18.5 Å². The summed E-state index contributed by atoms with van der Waals surface area (Å²) in [5.41, 5.74) is 1.06. The van der Waals surface area contributed by atoms with Gasteiger partial charge < -0.3 is 14.8 Å². The van der Waals surface area contributed by atoms with Crippen LogP contribution in [-0.4, -0.2) is 18.6 Å². The average Bonchev–Trinajstić information content (AvgIpc) is 2.55. The summed E-state index contributed by atoms with van der Waals surface area (Å²) in [6.45, 7) is 2.18. The van der Waals surface area contributed by atoms with Gasteiger partial charge in [0.2, 0.25) is 6.10 Å². The van der Waals surface area contributed by atoms with Crippen molar-refractivity contribution >= 4 is 5.91 Å². The Bertz CT molecular complexity index is 627. The molecule has 0 radical (unpaired) electrons. The molecule has 1 aliphatic heterocycles. The van der Waals surface area contributed by atoms with Crippen molar-refractivity contribution in [2.24, 2.45) is 0 Å². The number of hydrogen-bond acceptors (Lipinski definition) is 3. The molecular formula is C17H17NO3. The van der Waals surface area contributed by atoms with E-state index in [1.807, 2.05) is 55.5 Å². The van der Waals surface area contributed by atoms with Gasteiger partial charge in [-0.1, -0.05) is 42.5 Å². The maximum Gasteiger partial charge on any atom is 0.265 e. The Kier molecular flexibility index (Phi) is 3.77. The summed E-state index contributed by atoms with van der Waals surface area (Å²) in [6, 6.07) is 17.1. The van der Waals surface area contributed by atoms with Crippen molar-refractivity contribution in [3.63, 3.8) is 0 Å². The minimum Gasteiger partial charge on any atom is -0.485 e. The van der Waals surface area contributed by atoms with Crippen molar-refractivity contribution in [2.75, 3.05) is 6.61 Å². The molecular weight excluding hydrogens is 266 g/mol. The van der Waals surface area contributed by atoms with Crippen LogP contribution in [0.4, 0.5) is 0 Å². The molecule has 0 aliphatic carbocycles. The van der Waals surface area contributed by atoms with Crippen molar-refractivity contribution in [1.82, 2.24) is 5.32 Å². The summed E-state index contributed by atoms with van der Waals surface area (Å²) in [5, 5.41) is 2.95. The minimum absolute atomic E-state index is 0.0699. The van der Waals surface area contributed by atoms with Crippen molar-refractivity contribution < 1.29 is 14.3 Å². The van der Waals surface area contributed by atoms with E-state index in [1.165, 1.54) is 0 Å². The van der Waals surface area contributed by atoms with Gasteiger partial charge in [-0.05, 0) is 24.6 Å². The van der Waals surface area contributed by atoms with Crippen LogP contribution < -0.4 is 14.8 Å². The second kappa shape index (κ2) is 5.87. The molecule has 2 atom stereocenters. The zero-order chi connectivity index (χ0) is 14.7. The lowest BCUT2D eigenvalue weighted by Crippen LogP contribution is -2.44. The van der Waals surface area contributed by atoms with Gasteiger partial charge in [-0.25, -0.2) is 0 Å². The van der Waals surface area contributed by atoms with Crippen LogP contribution >= 0.6 is 0 Å². The van der Waals surface area contributed by atoms with Gasteiger partial charge in [-0.3, -0.25) is 4.79 Å². The van der Waals surface area contributed by atoms with Crippen LogP contribution in [0.3, 0.4) is 0 Å². The molecule has 4 heteroatoms. The number of benzene rings is 2. The molecule has 1 N–H and O–H groups in total. The maximum atomic E-state index is 12.3. The first-order valence-electron chi connectivity index (χ1n) is 6.98. The molecule has 0 fully saturated rings. The van der Waals surface area contributed by atoms with E-state index < -0.39 is 6.10 Å². The first-order chi connectivity index (χ1) is 10.2. The van der Waals surface area contributed by atoms with E-state index in [1.54, 1.807) is 6.07 Å². The van der Waals surface area contributed by atoms with Crippen molar-refractivity contribution in [2.45, 2.75) is 19.1 Å². The number of hydrogen-bond donors (Lipinski definition) is 1. The fourth-order valence-corrected chi connectivity index (χ4v) is 2.28. The third kappa shape index (κ3) is 2.99. The van der Waals surface area contributed by atoms with E-state index in [9.17, 15) is 4.79 Å². The molecule has 0 spiro atoms. The number of ether oxygens (including phenoxy) is 2. The van der Waals surface area contributed by atoms with Gasteiger partial charge in [-0.15, -0.1) is 0 Å². The summed E-state index contributed by atoms with van der Waals surface area (Å²) < 4.78 is 11.3. The highest BCUT2D eigenvalue weighted by molar-refractivity contribution is 5.82. The molecule has 0 saturated carbocycles. The predicted molar refractivity (Wildman–Crippen MR) is 79.4 cm³/mol. The quantitative estimate of drug-likeness (QED) is 0.942. The molecule has 21 heavy (non-hydrogen) atoms. The van der Waals surface area contributed by atoms with Crippen LogP contribution in [0.2, 0.25) is 0 Å². The van der Waals surface area contributed by atoms with E-state index in [0.29, 0.717) is 11.5 Å². The highest BCUT2D eigenvalue weighted by Crippen LogP contribution is 2.31. The number of fused-ring (bicyclic) bond motifs is 1. The molecule has 0 aromatic heterocycles. The normalized spacial score (nSPS) is 17.9. The largest absolute Gasteiger partial charge is 0.485 e. The molecule has 1 heterocycles. The van der Waals surface area contributed by atoms with Crippen LogP contribution in [-0.2, 0) is 4.79 Å². The summed E-state index contributed by atoms with van der Waals surface area (Å²) in [4.78, 5) is 12.3. The zero-order valence-corrected chi connectivity index (χ0v) is 11.8. The molecule has 0 saturated heterocycles. The van der Waals surface area contributed by atoms with Gasteiger partial charge in [0.15, 0.2) is 11.5 Å². The standard InChI is InChI=1S/C17H17NO3/c1-12(13-7-3-2-4-8-13)18-17(19)16-11-20-14-9-5-6-10-15(14)21-16/h2-10,12,16H,11H2,1H3,(H,18,19)/t12?,16-/m0/s1. The Labute approximate surface area is 123 Å². The number of amides is 1. The summed E-state index contributed by atoms with van der Waals surface area (Å²) >= 11 is 0. The lowest BCUT2D eigenvalue weighted by molar-refractivity contribution is -0.131. The fourth-order valence-electron chi connectivity index (χ4n) is 2.28. The second-order valence-electron chi connectivity index (χ2n) is 5.01. The molecule has 3 rings (SSSR count). The first-order valence-corrected chi connectivity index (χ1v) is 6.98. The maximum absolute atomic E-state index is 12.3. The number of carbonyl (C=O) groups excluding carboxylic acids is 1. The van der Waals surface area contributed by atoms with Crippen LogP contribution in [0.25, 0.3) is 0 Å². The highest BCUT2D eigenvalue weighted by atomic mass is 16.6. The van der Waals surface area contributed by atoms with Crippen LogP contribution in [0.15, 0.2) is 54.6 Å². The lowest BCUT2D eigenvalue weighted by atomic mass is 10.1. The predicted octanol–water partition coefficient (Wildman–Crippen LogP) is 2.70. The summed E-state index contributed by atoms with van der Waals surface area (Å²) in [6.07, 6.45) is -0.619. The molecule has 1 aliphatic rings. The smallest absolute Gasteiger partial charge is 0.265 e. The Morgan fingerprint density at radius 2 is 1.76 bits per heavy atom. The van der Waals surface area contributed by atoms with Gasteiger partial charge in [-0.2, -0.15) is 0 Å². The Balaban J connectivity index is 1.65. The van der Waals surface area contributed by atoms with Crippen molar-refractivity contribution in [3.8, 4) is 11.5 Å². The molecule has 2 aromatic carbocycles. The molecule has 1 unspecified atom stereocenters. The Morgan fingerprint density at radius 3 is 2.52 bits per heavy atom. The van der Waals surface area contributed by atoms with Gasteiger partial charge in [0, 0.05) is 0 Å². The average molecular weight is 283 g/mol. The van der Waals surface area contributed by atoms with E-state index >= 15 is 0 Å². The lowest BCUT2D eigenvalue weighted by Gasteiger charge is -2.26. The zero-order valence-electron chi connectivity index (χ0n) is 11.8. The van der Waals surface area contributed by atoms with E-state index in [4.69, 9.17) is 9.47 Å². The molecule has 108 valence electrons. The van der Waals surface area contributed by atoms with E-state index in [0.717, 1.165) is 5.56 Å². The Hall–Kier alpha value is -2.49. The molecule has 2 aromatic rings. The van der Waals surface area contributed by atoms with Crippen LogP contribution in [0, 0.1) is 0 Å². The number of rotatable bonds is 3. The van der Waals surface area contributed by atoms with E-state index in [-0.39, 0.29) is 18.6 Å². The van der Waals surface area contributed by atoms with Gasteiger partial charge in [0.1, 0.15) is 6.61 Å².